The normalized spacial score (nSPS) is 15.7. The molecule has 2 heteroatoms. The zero-order valence-electron chi connectivity index (χ0n) is 19.2. The summed E-state index contributed by atoms with van der Waals surface area (Å²) in [4.78, 5) is 0. The van der Waals surface area contributed by atoms with Crippen molar-refractivity contribution in [3.8, 4) is 5.69 Å². The van der Waals surface area contributed by atoms with Crippen LogP contribution in [0.25, 0.3) is 53.7 Å². The van der Waals surface area contributed by atoms with Gasteiger partial charge in [0.25, 0.3) is 0 Å². The van der Waals surface area contributed by atoms with Crippen LogP contribution in [-0.4, -0.2) is 4.57 Å². The molecule has 0 unspecified atom stereocenters. The zero-order valence-corrected chi connectivity index (χ0v) is 20.1. The molecule has 6 aromatic rings. The number of allylic oxidation sites excluding steroid dienone is 6. The molecular formula is C33H23NS. The second-order valence-electron chi connectivity index (χ2n) is 9.10. The number of fused-ring (bicyclic) bond motifs is 7. The van der Waals surface area contributed by atoms with E-state index in [-0.39, 0.29) is 0 Å². The lowest BCUT2D eigenvalue weighted by Gasteiger charge is -2.12. The second kappa shape index (κ2) is 7.97. The molecule has 0 bridgehead atoms. The fourth-order valence-corrected chi connectivity index (χ4v) is 6.36. The zero-order chi connectivity index (χ0) is 23.4. The Bertz CT molecular complexity index is 1890. The predicted octanol–water partition coefficient (Wildman–Crippen LogP) is 9.39. The van der Waals surface area contributed by atoms with Gasteiger partial charge >= 0.3 is 0 Å². The highest BCUT2D eigenvalue weighted by molar-refractivity contribution is 7.25. The quantitative estimate of drug-likeness (QED) is 0.228. The summed E-state index contributed by atoms with van der Waals surface area (Å²) in [5.74, 6) is 0. The lowest BCUT2D eigenvalue weighted by Crippen LogP contribution is -1.97. The van der Waals surface area contributed by atoms with Crippen LogP contribution in [-0.2, 0) is 6.42 Å². The Morgan fingerprint density at radius 2 is 1.51 bits per heavy atom. The molecule has 166 valence electrons. The van der Waals surface area contributed by atoms with Crippen molar-refractivity contribution in [2.24, 2.45) is 0 Å². The van der Waals surface area contributed by atoms with E-state index in [0.717, 1.165) is 12.0 Å². The monoisotopic (exact) mass is 465 g/mol. The first-order valence-electron chi connectivity index (χ1n) is 11.9. The molecule has 0 aliphatic heterocycles. The van der Waals surface area contributed by atoms with E-state index in [0.29, 0.717) is 0 Å². The largest absolute Gasteiger partial charge is 0.309 e. The molecule has 4 aromatic carbocycles. The molecular weight excluding hydrogens is 442 g/mol. The van der Waals surface area contributed by atoms with Crippen molar-refractivity contribution in [3.63, 3.8) is 0 Å². The van der Waals surface area contributed by atoms with Crippen LogP contribution in [0.3, 0.4) is 0 Å². The van der Waals surface area contributed by atoms with E-state index in [1.54, 1.807) is 0 Å². The van der Waals surface area contributed by atoms with Gasteiger partial charge in [-0.1, -0.05) is 85.5 Å². The number of benzene rings is 4. The van der Waals surface area contributed by atoms with E-state index in [4.69, 9.17) is 0 Å². The molecule has 2 aromatic heterocycles. The van der Waals surface area contributed by atoms with Crippen molar-refractivity contribution < 1.29 is 0 Å². The second-order valence-corrected chi connectivity index (χ2v) is 10.2. The Morgan fingerprint density at radius 1 is 0.657 bits per heavy atom. The predicted molar refractivity (Wildman–Crippen MR) is 154 cm³/mol. The molecule has 2 heterocycles. The first-order chi connectivity index (χ1) is 17.3. The molecule has 35 heavy (non-hydrogen) atoms. The van der Waals surface area contributed by atoms with Crippen LogP contribution in [0.1, 0.15) is 11.1 Å². The van der Waals surface area contributed by atoms with Gasteiger partial charge in [0.05, 0.1) is 11.0 Å². The van der Waals surface area contributed by atoms with Gasteiger partial charge in [0.2, 0.25) is 0 Å². The number of hydrogen-bond donors (Lipinski definition) is 0. The molecule has 1 nitrogen and oxygen atoms in total. The van der Waals surface area contributed by atoms with Crippen LogP contribution < -0.4 is 0 Å². The van der Waals surface area contributed by atoms with Gasteiger partial charge < -0.3 is 4.57 Å². The molecule has 0 N–H and O–H groups in total. The van der Waals surface area contributed by atoms with Crippen molar-refractivity contribution in [2.75, 3.05) is 0 Å². The molecule has 7 rings (SSSR count). The minimum atomic E-state index is 0.908. The van der Waals surface area contributed by atoms with Crippen LogP contribution >= 0.6 is 11.3 Å². The minimum Gasteiger partial charge on any atom is -0.309 e. The summed E-state index contributed by atoms with van der Waals surface area (Å²) in [5.41, 5.74) is 7.21. The first-order valence-corrected chi connectivity index (χ1v) is 12.8. The molecule has 0 saturated carbocycles. The molecule has 0 fully saturated rings. The number of nitrogens with zero attached hydrogens (tertiary/aromatic N) is 1. The molecule has 1 aliphatic rings. The molecule has 1 aliphatic carbocycles. The molecule has 0 saturated heterocycles. The summed E-state index contributed by atoms with van der Waals surface area (Å²) in [6, 6.07) is 29.1. The van der Waals surface area contributed by atoms with Crippen molar-refractivity contribution in [1.82, 2.24) is 4.57 Å². The van der Waals surface area contributed by atoms with E-state index in [9.17, 15) is 0 Å². The highest BCUT2D eigenvalue weighted by atomic mass is 32.1. The molecule has 0 spiro atoms. The number of rotatable bonds is 1. The van der Waals surface area contributed by atoms with E-state index < -0.39 is 0 Å². The van der Waals surface area contributed by atoms with Crippen molar-refractivity contribution in [1.29, 1.82) is 0 Å². The maximum atomic E-state index is 4.15. The summed E-state index contributed by atoms with van der Waals surface area (Å²) in [6.07, 6.45) is 13.6. The third kappa shape index (κ3) is 3.30. The van der Waals surface area contributed by atoms with Crippen molar-refractivity contribution in [3.05, 3.63) is 133 Å². The number of aromatic nitrogens is 1. The van der Waals surface area contributed by atoms with Gasteiger partial charge in [0.15, 0.2) is 0 Å². The van der Waals surface area contributed by atoms with Gasteiger partial charge in [-0.2, -0.15) is 0 Å². The Balaban J connectivity index is 1.53. The average molecular weight is 466 g/mol. The van der Waals surface area contributed by atoms with Crippen molar-refractivity contribution >= 4 is 59.4 Å². The Labute approximate surface area is 208 Å². The van der Waals surface area contributed by atoms with E-state index in [1.807, 2.05) is 17.4 Å². The topological polar surface area (TPSA) is 4.93 Å². The van der Waals surface area contributed by atoms with Gasteiger partial charge in [-0.3, -0.25) is 0 Å². The Hall–Kier alpha value is -4.14. The molecule has 0 atom stereocenters. The maximum absolute atomic E-state index is 4.15. The third-order valence-corrected chi connectivity index (χ3v) is 8.06. The van der Waals surface area contributed by atoms with Crippen LogP contribution in [0, 0.1) is 0 Å². The SMILES string of the molecule is C=C1C=Cc2cc(-n3c4ccccc4c4cc5sc6ccccc6c5cc43)ccc2C/C=C\C=C/1. The van der Waals surface area contributed by atoms with E-state index in [1.165, 1.54) is 58.8 Å². The third-order valence-electron chi connectivity index (χ3n) is 6.93. The Kier molecular flexibility index (Phi) is 4.61. The van der Waals surface area contributed by atoms with Gasteiger partial charge in [0.1, 0.15) is 0 Å². The average Bonchev–Trinajstić information content (AvgIpc) is 3.41. The summed E-state index contributed by atoms with van der Waals surface area (Å²) in [6.45, 7) is 4.15. The lowest BCUT2D eigenvalue weighted by atomic mass is 10.0. The summed E-state index contributed by atoms with van der Waals surface area (Å²) < 4.78 is 5.11. The fourth-order valence-electron chi connectivity index (χ4n) is 5.23. The molecule has 0 amide bonds. The number of thiophene rings is 1. The highest BCUT2D eigenvalue weighted by Gasteiger charge is 2.16. The Morgan fingerprint density at radius 3 is 2.46 bits per heavy atom. The van der Waals surface area contributed by atoms with Crippen molar-refractivity contribution in [2.45, 2.75) is 6.42 Å². The minimum absolute atomic E-state index is 0.908. The standard InChI is InChI=1S/C33H23NS/c1-22-9-3-2-4-10-23-17-18-25(19-24(23)16-15-22)34-30-13-7-5-11-26(30)28-21-33-29(20-31(28)34)27-12-6-8-14-32(27)35-33/h2-9,11-21H,1,10H2/b4-2-,9-3-,16-15?. The van der Waals surface area contributed by atoms with Gasteiger partial charge in [-0.25, -0.2) is 0 Å². The highest BCUT2D eigenvalue weighted by Crippen LogP contribution is 2.40. The van der Waals surface area contributed by atoms with E-state index in [2.05, 4.69) is 120 Å². The molecule has 0 radical (unpaired) electrons. The van der Waals surface area contributed by atoms with Gasteiger partial charge in [-0.05, 0) is 59.5 Å². The summed E-state index contributed by atoms with van der Waals surface area (Å²) >= 11 is 1.88. The first kappa shape index (κ1) is 20.3. The maximum Gasteiger partial charge on any atom is 0.0548 e. The summed E-state index contributed by atoms with van der Waals surface area (Å²) in [7, 11) is 0. The van der Waals surface area contributed by atoms with Gasteiger partial charge in [0, 0.05) is 36.6 Å². The van der Waals surface area contributed by atoms with Crippen LogP contribution in [0.5, 0.6) is 0 Å². The van der Waals surface area contributed by atoms with Crippen LogP contribution in [0.15, 0.2) is 121 Å². The smallest absolute Gasteiger partial charge is 0.0548 e. The van der Waals surface area contributed by atoms with Gasteiger partial charge in [-0.15, -0.1) is 11.3 Å². The van der Waals surface area contributed by atoms with Crippen LogP contribution in [0.2, 0.25) is 0 Å². The fraction of sp³-hybridized carbons (Fsp3) is 0.0303. The van der Waals surface area contributed by atoms with E-state index >= 15 is 0 Å². The number of hydrogen-bond acceptors (Lipinski definition) is 1. The van der Waals surface area contributed by atoms with Crippen LogP contribution in [0.4, 0.5) is 0 Å². The summed E-state index contributed by atoms with van der Waals surface area (Å²) in [5, 5.41) is 5.25. The number of para-hydroxylation sites is 1. The lowest BCUT2D eigenvalue weighted by molar-refractivity contribution is 1.16.